The molecule has 1 aliphatic rings. The van der Waals surface area contributed by atoms with E-state index in [0.29, 0.717) is 40.2 Å². The first-order valence-electron chi connectivity index (χ1n) is 9.36. The van der Waals surface area contributed by atoms with E-state index in [1.807, 2.05) is 24.5 Å². The van der Waals surface area contributed by atoms with Crippen molar-refractivity contribution in [1.82, 2.24) is 15.3 Å². The minimum atomic E-state index is -0.186. The SMILES string of the molecule is COc1cccc(C(=O)NC[C@H]2Cc3cc(-c4ccnc(SC)n4)cc(Cl)c3O2)c1. The van der Waals surface area contributed by atoms with Crippen LogP contribution in [0.15, 0.2) is 53.8 Å². The maximum Gasteiger partial charge on any atom is 0.251 e. The molecule has 30 heavy (non-hydrogen) atoms. The number of halogens is 1. The minimum absolute atomic E-state index is 0.175. The first kappa shape index (κ1) is 20.5. The maximum atomic E-state index is 12.4. The lowest BCUT2D eigenvalue weighted by Gasteiger charge is -2.12. The van der Waals surface area contributed by atoms with Crippen molar-refractivity contribution in [1.29, 1.82) is 0 Å². The first-order chi connectivity index (χ1) is 14.6. The number of rotatable bonds is 6. The van der Waals surface area contributed by atoms with Crippen molar-refractivity contribution in [3.8, 4) is 22.8 Å². The molecule has 0 aliphatic carbocycles. The second kappa shape index (κ2) is 8.93. The molecular weight excluding hydrogens is 422 g/mol. The fourth-order valence-corrected chi connectivity index (χ4v) is 3.96. The molecule has 2 aromatic carbocycles. The number of thioether (sulfide) groups is 1. The molecular formula is C22H20ClN3O3S. The molecule has 0 unspecified atom stereocenters. The predicted octanol–water partition coefficient (Wildman–Crippen LogP) is 4.26. The number of hydrogen-bond donors (Lipinski definition) is 1. The molecule has 0 bridgehead atoms. The first-order valence-corrected chi connectivity index (χ1v) is 11.0. The van der Waals surface area contributed by atoms with E-state index in [9.17, 15) is 4.79 Å². The van der Waals surface area contributed by atoms with Crippen molar-refractivity contribution in [2.75, 3.05) is 19.9 Å². The van der Waals surface area contributed by atoms with Gasteiger partial charge in [-0.1, -0.05) is 29.4 Å². The summed E-state index contributed by atoms with van der Waals surface area (Å²) in [5.41, 5.74) is 3.27. The zero-order valence-electron chi connectivity index (χ0n) is 16.5. The van der Waals surface area contributed by atoms with Crippen LogP contribution < -0.4 is 14.8 Å². The number of carbonyl (C=O) groups is 1. The van der Waals surface area contributed by atoms with Crippen LogP contribution >= 0.6 is 23.4 Å². The summed E-state index contributed by atoms with van der Waals surface area (Å²) in [4.78, 5) is 21.2. The van der Waals surface area contributed by atoms with Crippen molar-refractivity contribution in [2.45, 2.75) is 17.7 Å². The number of ether oxygens (including phenoxy) is 2. The summed E-state index contributed by atoms with van der Waals surface area (Å²) >= 11 is 7.97. The third-order valence-corrected chi connectivity index (χ3v) is 5.63. The monoisotopic (exact) mass is 441 g/mol. The Bertz CT molecular complexity index is 1090. The van der Waals surface area contributed by atoms with Gasteiger partial charge < -0.3 is 14.8 Å². The second-order valence-corrected chi connectivity index (χ2v) is 7.94. The molecule has 154 valence electrons. The lowest BCUT2D eigenvalue weighted by Crippen LogP contribution is -2.34. The summed E-state index contributed by atoms with van der Waals surface area (Å²) in [5.74, 6) is 1.13. The summed E-state index contributed by atoms with van der Waals surface area (Å²) in [5, 5.41) is 4.16. The molecule has 1 N–H and O–H groups in total. The molecule has 2 heterocycles. The Kier molecular flexibility index (Phi) is 6.11. The van der Waals surface area contributed by atoms with E-state index in [0.717, 1.165) is 16.8 Å². The average Bonchev–Trinajstić information content (AvgIpc) is 3.21. The van der Waals surface area contributed by atoms with Crippen molar-refractivity contribution < 1.29 is 14.3 Å². The summed E-state index contributed by atoms with van der Waals surface area (Å²) in [7, 11) is 1.57. The Hall–Kier alpha value is -2.77. The molecule has 0 saturated carbocycles. The fraction of sp³-hybridized carbons (Fsp3) is 0.227. The van der Waals surface area contributed by atoms with Gasteiger partial charge in [-0.3, -0.25) is 4.79 Å². The highest BCUT2D eigenvalue weighted by molar-refractivity contribution is 7.98. The van der Waals surface area contributed by atoms with Crippen LogP contribution in [0.2, 0.25) is 5.02 Å². The quantitative estimate of drug-likeness (QED) is 0.455. The highest BCUT2D eigenvalue weighted by Gasteiger charge is 2.27. The summed E-state index contributed by atoms with van der Waals surface area (Å²) in [6, 6.07) is 12.8. The number of fused-ring (bicyclic) bond motifs is 1. The molecule has 1 aliphatic heterocycles. The summed E-state index contributed by atoms with van der Waals surface area (Å²) in [6.45, 7) is 0.376. The summed E-state index contributed by atoms with van der Waals surface area (Å²) < 4.78 is 11.2. The van der Waals surface area contributed by atoms with Crippen LogP contribution in [-0.2, 0) is 6.42 Å². The van der Waals surface area contributed by atoms with Crippen LogP contribution in [0, 0.1) is 0 Å². The van der Waals surface area contributed by atoms with Crippen LogP contribution in [0.3, 0.4) is 0 Å². The number of nitrogens with zero attached hydrogens (tertiary/aromatic N) is 2. The topological polar surface area (TPSA) is 73.3 Å². The Balaban J connectivity index is 1.45. The van der Waals surface area contributed by atoms with Crippen molar-refractivity contribution in [2.24, 2.45) is 0 Å². The van der Waals surface area contributed by atoms with Gasteiger partial charge in [0.05, 0.1) is 24.4 Å². The van der Waals surface area contributed by atoms with Gasteiger partial charge in [0.2, 0.25) is 0 Å². The van der Waals surface area contributed by atoms with Gasteiger partial charge in [0.15, 0.2) is 5.16 Å². The van der Waals surface area contributed by atoms with E-state index in [2.05, 4.69) is 15.3 Å². The molecule has 1 amide bonds. The predicted molar refractivity (Wildman–Crippen MR) is 118 cm³/mol. The third-order valence-electron chi connectivity index (χ3n) is 4.79. The molecule has 0 radical (unpaired) electrons. The normalized spacial score (nSPS) is 14.7. The largest absolute Gasteiger partial charge is 0.497 e. The number of nitrogens with one attached hydrogen (secondary N) is 1. The highest BCUT2D eigenvalue weighted by atomic mass is 35.5. The van der Waals surface area contributed by atoms with Crippen molar-refractivity contribution in [3.05, 3.63) is 64.8 Å². The van der Waals surface area contributed by atoms with Crippen molar-refractivity contribution >= 4 is 29.3 Å². The molecule has 1 atom stereocenters. The lowest BCUT2D eigenvalue weighted by molar-refractivity contribution is 0.0933. The Morgan fingerprint density at radius 2 is 2.20 bits per heavy atom. The number of amides is 1. The van der Waals surface area contributed by atoms with Gasteiger partial charge >= 0.3 is 0 Å². The zero-order chi connectivity index (χ0) is 21.1. The van der Waals surface area contributed by atoms with E-state index in [1.54, 1.807) is 37.6 Å². The van der Waals surface area contributed by atoms with Gasteiger partial charge in [-0.2, -0.15) is 0 Å². The van der Waals surface area contributed by atoms with Gasteiger partial charge in [-0.25, -0.2) is 9.97 Å². The number of carbonyl (C=O) groups excluding carboxylic acids is 1. The van der Waals surface area contributed by atoms with Crippen molar-refractivity contribution in [3.63, 3.8) is 0 Å². The van der Waals surface area contributed by atoms with E-state index < -0.39 is 0 Å². The van der Waals surface area contributed by atoms with Gasteiger partial charge in [-0.15, -0.1) is 0 Å². The standard InChI is InChI=1S/C22H20ClN3O3S/c1-28-16-5-3-4-13(9-16)21(27)25-12-17-10-15-8-14(11-18(23)20(15)29-17)19-6-7-24-22(26-19)30-2/h3-9,11,17H,10,12H2,1-2H3,(H,25,27)/t17-/m1/s1. The molecule has 3 aromatic rings. The van der Waals surface area contributed by atoms with Crippen LogP contribution in [0.4, 0.5) is 0 Å². The molecule has 0 fully saturated rings. The molecule has 0 spiro atoms. The van der Waals surface area contributed by atoms with Crippen LogP contribution in [-0.4, -0.2) is 41.9 Å². The van der Waals surface area contributed by atoms with Gasteiger partial charge in [0, 0.05) is 29.3 Å². The Labute approximate surface area is 184 Å². The molecule has 8 heteroatoms. The molecule has 0 saturated heterocycles. The summed E-state index contributed by atoms with van der Waals surface area (Å²) in [6.07, 6.45) is 4.15. The average molecular weight is 442 g/mol. The number of aromatic nitrogens is 2. The number of methoxy groups -OCH3 is 1. The Morgan fingerprint density at radius 3 is 3.00 bits per heavy atom. The lowest BCUT2D eigenvalue weighted by atomic mass is 10.0. The molecule has 6 nitrogen and oxygen atoms in total. The third kappa shape index (κ3) is 4.37. The fourth-order valence-electron chi connectivity index (χ4n) is 3.32. The van der Waals surface area contributed by atoms with Crippen LogP contribution in [0.25, 0.3) is 11.3 Å². The molecule has 1 aromatic heterocycles. The highest BCUT2D eigenvalue weighted by Crippen LogP contribution is 2.39. The second-order valence-electron chi connectivity index (χ2n) is 6.76. The zero-order valence-corrected chi connectivity index (χ0v) is 18.1. The number of hydrogen-bond acceptors (Lipinski definition) is 6. The van der Waals surface area contributed by atoms with Gasteiger partial charge in [0.1, 0.15) is 17.6 Å². The van der Waals surface area contributed by atoms with E-state index >= 15 is 0 Å². The molecule has 4 rings (SSSR count). The van der Waals surface area contributed by atoms with Crippen LogP contribution in [0.1, 0.15) is 15.9 Å². The Morgan fingerprint density at radius 1 is 1.33 bits per heavy atom. The number of benzene rings is 2. The van der Waals surface area contributed by atoms with E-state index in [4.69, 9.17) is 21.1 Å². The smallest absolute Gasteiger partial charge is 0.251 e. The van der Waals surface area contributed by atoms with Crippen LogP contribution in [0.5, 0.6) is 11.5 Å². The maximum absolute atomic E-state index is 12.4. The van der Waals surface area contributed by atoms with E-state index in [1.165, 1.54) is 11.8 Å². The van der Waals surface area contributed by atoms with Gasteiger partial charge in [0.25, 0.3) is 5.91 Å². The van der Waals surface area contributed by atoms with Gasteiger partial charge in [-0.05, 0) is 42.7 Å². The van der Waals surface area contributed by atoms with E-state index in [-0.39, 0.29) is 12.0 Å². The minimum Gasteiger partial charge on any atom is -0.497 e.